The largest absolute Gasteiger partial charge is 0.490 e. The van der Waals surface area contributed by atoms with Crippen molar-refractivity contribution < 1.29 is 22.3 Å². The van der Waals surface area contributed by atoms with Crippen molar-refractivity contribution in [3.8, 4) is 5.75 Å². The lowest BCUT2D eigenvalue weighted by Gasteiger charge is -2.14. The molecule has 0 aliphatic rings. The first kappa shape index (κ1) is 20.9. The monoisotopic (exact) mass is 394 g/mol. The number of nitrogens with one attached hydrogen (secondary N) is 1. The van der Waals surface area contributed by atoms with Gasteiger partial charge in [0.15, 0.2) is 11.6 Å². The van der Waals surface area contributed by atoms with Gasteiger partial charge in [-0.2, -0.15) is 0 Å². The van der Waals surface area contributed by atoms with Gasteiger partial charge in [-0.25, -0.2) is 17.1 Å². The molecular weight excluding hydrogens is 371 g/mol. The highest BCUT2D eigenvalue weighted by atomic mass is 32.2. The fourth-order valence-electron chi connectivity index (χ4n) is 2.33. The average molecular weight is 394 g/mol. The summed E-state index contributed by atoms with van der Waals surface area (Å²) in [7, 11) is -0.746. The van der Waals surface area contributed by atoms with Gasteiger partial charge in [0.25, 0.3) is 5.91 Å². The van der Waals surface area contributed by atoms with Gasteiger partial charge < -0.3 is 10.1 Å². The smallest absolute Gasteiger partial charge is 0.251 e. The maximum absolute atomic E-state index is 13.4. The van der Waals surface area contributed by atoms with E-state index in [-0.39, 0.29) is 23.2 Å². The number of amides is 1. The minimum atomic E-state index is -3.62. The number of nitrogens with zero attached hydrogens (tertiary/aromatic N) is 1. The van der Waals surface area contributed by atoms with Crippen molar-refractivity contribution in [1.29, 1.82) is 0 Å². The summed E-state index contributed by atoms with van der Waals surface area (Å²) < 4.78 is 44.3. The Morgan fingerprint density at radius 2 is 1.89 bits per heavy atom. The van der Waals surface area contributed by atoms with Crippen LogP contribution in [0, 0.1) is 12.7 Å². The van der Waals surface area contributed by atoms with Gasteiger partial charge in [-0.1, -0.05) is 18.2 Å². The Hall–Kier alpha value is -2.45. The summed E-state index contributed by atoms with van der Waals surface area (Å²) in [5, 5.41) is 2.73. The van der Waals surface area contributed by atoms with Gasteiger partial charge in [-0.3, -0.25) is 4.79 Å². The van der Waals surface area contributed by atoms with E-state index in [0.29, 0.717) is 24.1 Å². The summed E-state index contributed by atoms with van der Waals surface area (Å²) >= 11 is 0. The van der Waals surface area contributed by atoms with Crippen molar-refractivity contribution in [2.24, 2.45) is 0 Å². The molecule has 0 spiro atoms. The van der Waals surface area contributed by atoms with Gasteiger partial charge in [0.1, 0.15) is 0 Å². The molecule has 2 rings (SSSR count). The molecule has 1 amide bonds. The Labute approximate surface area is 159 Å². The Kier molecular flexibility index (Phi) is 6.92. The van der Waals surface area contributed by atoms with Crippen molar-refractivity contribution in [2.45, 2.75) is 18.2 Å². The molecule has 146 valence electrons. The van der Waals surface area contributed by atoms with Gasteiger partial charge in [0.05, 0.1) is 11.5 Å². The molecule has 6 nitrogen and oxygen atoms in total. The number of carbonyl (C=O) groups is 1. The summed E-state index contributed by atoms with van der Waals surface area (Å²) in [6.07, 6.45) is 0.481. The number of rotatable bonds is 8. The van der Waals surface area contributed by atoms with Crippen molar-refractivity contribution in [3.05, 3.63) is 59.4 Å². The second kappa shape index (κ2) is 8.96. The molecule has 0 atom stereocenters. The molecule has 0 bridgehead atoms. The van der Waals surface area contributed by atoms with E-state index in [2.05, 4.69) is 5.32 Å². The van der Waals surface area contributed by atoms with Crippen molar-refractivity contribution in [2.75, 3.05) is 27.2 Å². The highest BCUT2D eigenvalue weighted by molar-refractivity contribution is 7.89. The SMILES string of the molecule is Cc1ccc(S(=O)(=O)N(C)C)cc1C(=O)NCCCOc1ccccc1F. The van der Waals surface area contributed by atoms with E-state index in [0.717, 1.165) is 4.31 Å². The maximum Gasteiger partial charge on any atom is 0.251 e. The summed E-state index contributed by atoms with van der Waals surface area (Å²) in [6.45, 7) is 2.30. The Bertz CT molecular complexity index is 914. The van der Waals surface area contributed by atoms with Gasteiger partial charge in [0, 0.05) is 26.2 Å². The fraction of sp³-hybridized carbons (Fsp3) is 0.316. The highest BCUT2D eigenvalue weighted by Gasteiger charge is 2.20. The van der Waals surface area contributed by atoms with Gasteiger partial charge in [0.2, 0.25) is 10.0 Å². The third kappa shape index (κ3) is 5.27. The minimum absolute atomic E-state index is 0.0612. The van der Waals surface area contributed by atoms with Crippen molar-refractivity contribution in [3.63, 3.8) is 0 Å². The van der Waals surface area contributed by atoms with E-state index in [1.807, 2.05) is 0 Å². The molecule has 0 unspecified atom stereocenters. The Balaban J connectivity index is 1.93. The first-order valence-electron chi connectivity index (χ1n) is 8.42. The maximum atomic E-state index is 13.4. The number of sulfonamides is 1. The number of benzene rings is 2. The molecule has 0 saturated carbocycles. The zero-order chi connectivity index (χ0) is 20.0. The van der Waals surface area contributed by atoms with Crippen LogP contribution in [0.5, 0.6) is 5.75 Å². The number of aryl methyl sites for hydroxylation is 1. The molecule has 0 aliphatic heterocycles. The number of para-hydroxylation sites is 1. The topological polar surface area (TPSA) is 75.7 Å². The first-order valence-corrected chi connectivity index (χ1v) is 9.86. The number of ether oxygens (including phenoxy) is 1. The van der Waals surface area contributed by atoms with Crippen LogP contribution in [0.3, 0.4) is 0 Å². The lowest BCUT2D eigenvalue weighted by Crippen LogP contribution is -2.27. The number of halogens is 1. The first-order chi connectivity index (χ1) is 12.7. The Morgan fingerprint density at radius 1 is 1.19 bits per heavy atom. The second-order valence-electron chi connectivity index (χ2n) is 6.15. The van der Waals surface area contributed by atoms with Gasteiger partial charge >= 0.3 is 0 Å². The normalized spacial score (nSPS) is 11.4. The Morgan fingerprint density at radius 3 is 2.56 bits per heavy atom. The van der Waals surface area contributed by atoms with Crippen LogP contribution >= 0.6 is 0 Å². The molecule has 0 aliphatic carbocycles. The zero-order valence-corrected chi connectivity index (χ0v) is 16.3. The van der Waals surface area contributed by atoms with Crippen LogP contribution in [0.1, 0.15) is 22.3 Å². The fourth-order valence-corrected chi connectivity index (χ4v) is 3.26. The van der Waals surface area contributed by atoms with Crippen LogP contribution in [0.15, 0.2) is 47.4 Å². The highest BCUT2D eigenvalue weighted by Crippen LogP contribution is 2.18. The van der Waals surface area contributed by atoms with E-state index in [1.165, 1.54) is 38.4 Å². The molecule has 2 aromatic carbocycles. The predicted molar refractivity (Wildman–Crippen MR) is 101 cm³/mol. The van der Waals surface area contributed by atoms with E-state index in [9.17, 15) is 17.6 Å². The number of hydrogen-bond donors (Lipinski definition) is 1. The molecule has 1 N–H and O–H groups in total. The molecule has 0 radical (unpaired) electrons. The number of carbonyl (C=O) groups excluding carboxylic acids is 1. The molecule has 0 saturated heterocycles. The average Bonchev–Trinajstić information content (AvgIpc) is 2.62. The van der Waals surface area contributed by atoms with Crippen LogP contribution in [-0.2, 0) is 10.0 Å². The molecule has 0 fully saturated rings. The third-order valence-corrected chi connectivity index (χ3v) is 5.74. The molecule has 27 heavy (non-hydrogen) atoms. The minimum Gasteiger partial charge on any atom is -0.490 e. The van der Waals surface area contributed by atoms with E-state index in [1.54, 1.807) is 25.1 Å². The molecule has 0 heterocycles. The lowest BCUT2D eigenvalue weighted by atomic mass is 10.1. The molecular formula is C19H23FN2O4S. The predicted octanol–water partition coefficient (Wildman–Crippen LogP) is 2.58. The van der Waals surface area contributed by atoms with E-state index >= 15 is 0 Å². The van der Waals surface area contributed by atoms with Crippen LogP contribution in [0.2, 0.25) is 0 Å². The van der Waals surface area contributed by atoms with Crippen LogP contribution in [0.4, 0.5) is 4.39 Å². The second-order valence-corrected chi connectivity index (χ2v) is 8.30. The lowest BCUT2D eigenvalue weighted by molar-refractivity contribution is 0.0950. The van der Waals surface area contributed by atoms with E-state index in [4.69, 9.17) is 4.74 Å². The standard InChI is InChI=1S/C19H23FN2O4S/c1-14-9-10-15(27(24,25)22(2)3)13-16(14)19(23)21-11-6-12-26-18-8-5-4-7-17(18)20/h4-5,7-10,13H,6,11-12H2,1-3H3,(H,21,23). The summed E-state index contributed by atoms with van der Waals surface area (Å²) in [5.41, 5.74) is 0.973. The van der Waals surface area contributed by atoms with Crippen LogP contribution in [-0.4, -0.2) is 45.9 Å². The van der Waals surface area contributed by atoms with Gasteiger partial charge in [-0.05, 0) is 43.2 Å². The van der Waals surface area contributed by atoms with Crippen molar-refractivity contribution in [1.82, 2.24) is 9.62 Å². The molecule has 0 aromatic heterocycles. The summed E-state index contributed by atoms with van der Waals surface area (Å²) in [4.78, 5) is 12.4. The van der Waals surface area contributed by atoms with Crippen LogP contribution < -0.4 is 10.1 Å². The summed E-state index contributed by atoms with van der Waals surface area (Å²) in [5.74, 6) is -0.633. The zero-order valence-electron chi connectivity index (χ0n) is 15.5. The molecule has 8 heteroatoms. The quantitative estimate of drug-likeness (QED) is 0.699. The summed E-state index contributed by atoms with van der Waals surface area (Å²) in [6, 6.07) is 10.6. The van der Waals surface area contributed by atoms with Crippen LogP contribution in [0.25, 0.3) is 0 Å². The molecule has 2 aromatic rings. The van der Waals surface area contributed by atoms with E-state index < -0.39 is 15.8 Å². The van der Waals surface area contributed by atoms with Gasteiger partial charge in [-0.15, -0.1) is 0 Å². The van der Waals surface area contributed by atoms with Crippen molar-refractivity contribution >= 4 is 15.9 Å². The number of hydrogen-bond acceptors (Lipinski definition) is 4. The third-order valence-electron chi connectivity index (χ3n) is 3.93.